The van der Waals surface area contributed by atoms with E-state index >= 15 is 0 Å². The molecule has 4 heterocycles. The third-order valence-electron chi connectivity index (χ3n) is 4.56. The van der Waals surface area contributed by atoms with Crippen molar-refractivity contribution in [2.24, 2.45) is 4.99 Å². The van der Waals surface area contributed by atoms with Gasteiger partial charge in [0.2, 0.25) is 0 Å². The molecule has 0 saturated carbocycles. The smallest absolute Gasteiger partial charge is 0.369 e. The van der Waals surface area contributed by atoms with Gasteiger partial charge in [-0.1, -0.05) is 0 Å². The lowest BCUT2D eigenvalue weighted by molar-refractivity contribution is -0.199. The fourth-order valence-electron chi connectivity index (χ4n) is 3.48. The molecule has 0 unspecified atom stereocenters. The van der Waals surface area contributed by atoms with Crippen molar-refractivity contribution in [1.82, 2.24) is 24.4 Å². The molecule has 2 N–H and O–H groups in total. The number of imidazole rings is 1. The first-order valence-corrected chi connectivity index (χ1v) is 10.7. The Hall–Kier alpha value is -1.99. The van der Waals surface area contributed by atoms with Crippen molar-refractivity contribution in [2.75, 3.05) is 20.7 Å². The maximum Gasteiger partial charge on any atom is 0.469 e. The predicted octanol–water partition coefficient (Wildman–Crippen LogP) is 0.574. The number of hydrogen-bond acceptors (Lipinski definition) is 9. The molecular formula is C16H23N6O7P. The Morgan fingerprint density at radius 3 is 2.73 bits per heavy atom. The molecule has 2 aromatic heterocycles. The first kappa shape index (κ1) is 21.2. The van der Waals surface area contributed by atoms with Crippen LogP contribution in [0.5, 0.6) is 0 Å². The minimum Gasteiger partial charge on any atom is -0.369 e. The maximum atomic E-state index is 11.1. The topological polar surface area (TPSA) is 154 Å². The van der Waals surface area contributed by atoms with E-state index in [1.54, 1.807) is 29.7 Å². The van der Waals surface area contributed by atoms with Gasteiger partial charge in [0.15, 0.2) is 29.0 Å². The zero-order valence-corrected chi connectivity index (χ0v) is 17.7. The summed E-state index contributed by atoms with van der Waals surface area (Å²) in [6, 6.07) is 0. The van der Waals surface area contributed by atoms with Gasteiger partial charge < -0.3 is 28.9 Å². The van der Waals surface area contributed by atoms with Crippen molar-refractivity contribution in [3.8, 4) is 0 Å². The van der Waals surface area contributed by atoms with Crippen molar-refractivity contribution in [3.63, 3.8) is 0 Å². The number of hydrogen-bond donors (Lipinski definition) is 2. The summed E-state index contributed by atoms with van der Waals surface area (Å²) in [5.74, 6) is -0.503. The molecule has 30 heavy (non-hydrogen) atoms. The van der Waals surface area contributed by atoms with Gasteiger partial charge in [-0.15, -0.1) is 0 Å². The zero-order valence-electron chi connectivity index (χ0n) is 16.8. The lowest BCUT2D eigenvalue weighted by Gasteiger charge is -2.24. The average Bonchev–Trinajstić information content (AvgIpc) is 3.28. The van der Waals surface area contributed by atoms with Crippen LogP contribution in [0.2, 0.25) is 0 Å². The van der Waals surface area contributed by atoms with Crippen LogP contribution >= 0.6 is 7.82 Å². The van der Waals surface area contributed by atoms with Crippen LogP contribution in [0.3, 0.4) is 0 Å². The Morgan fingerprint density at radius 2 is 2.03 bits per heavy atom. The second kappa shape index (κ2) is 7.61. The van der Waals surface area contributed by atoms with E-state index in [2.05, 4.69) is 24.5 Å². The summed E-state index contributed by atoms with van der Waals surface area (Å²) in [5, 5.41) is 0. The molecule has 2 aliphatic heterocycles. The fourth-order valence-corrected chi connectivity index (χ4v) is 3.82. The van der Waals surface area contributed by atoms with Crippen molar-refractivity contribution in [2.45, 2.75) is 44.2 Å². The molecule has 164 valence electrons. The Morgan fingerprint density at radius 1 is 1.30 bits per heavy atom. The number of nitrogens with zero attached hydrogens (tertiary/aromatic N) is 6. The molecule has 0 bridgehead atoms. The van der Waals surface area contributed by atoms with Gasteiger partial charge in [-0.05, 0) is 13.8 Å². The van der Waals surface area contributed by atoms with Gasteiger partial charge in [-0.3, -0.25) is 9.09 Å². The van der Waals surface area contributed by atoms with E-state index in [1.165, 1.54) is 12.7 Å². The van der Waals surface area contributed by atoms with Gasteiger partial charge in [0, 0.05) is 14.1 Å². The molecule has 14 heteroatoms. The summed E-state index contributed by atoms with van der Waals surface area (Å²) in [4.78, 5) is 37.0. The van der Waals surface area contributed by atoms with E-state index in [4.69, 9.17) is 24.0 Å². The summed E-state index contributed by atoms with van der Waals surface area (Å²) in [7, 11) is -0.986. The maximum absolute atomic E-state index is 11.1. The summed E-state index contributed by atoms with van der Waals surface area (Å²) < 4.78 is 35.4. The Kier molecular flexibility index (Phi) is 5.39. The zero-order chi connectivity index (χ0) is 21.7. The Bertz CT molecular complexity index is 1010. The first-order valence-electron chi connectivity index (χ1n) is 9.13. The number of aromatic nitrogens is 4. The number of phosphoric acid groups is 1. The fraction of sp³-hybridized carbons (Fsp3) is 0.625. The van der Waals surface area contributed by atoms with Crippen molar-refractivity contribution < 1.29 is 33.1 Å². The predicted molar refractivity (Wildman–Crippen MR) is 103 cm³/mol. The van der Waals surface area contributed by atoms with Gasteiger partial charge in [0.05, 0.1) is 19.3 Å². The average molecular weight is 442 g/mol. The molecule has 2 aliphatic rings. The Labute approximate surface area is 171 Å². The van der Waals surface area contributed by atoms with Crippen LogP contribution in [0, 0.1) is 0 Å². The monoisotopic (exact) mass is 442 g/mol. The van der Waals surface area contributed by atoms with Crippen LogP contribution < -0.4 is 0 Å². The summed E-state index contributed by atoms with van der Waals surface area (Å²) in [6.45, 7) is 3.15. The lowest BCUT2D eigenvalue weighted by Crippen LogP contribution is -2.32. The van der Waals surface area contributed by atoms with Gasteiger partial charge in [-0.2, -0.15) is 0 Å². The van der Waals surface area contributed by atoms with Gasteiger partial charge in [0.1, 0.15) is 24.6 Å². The van der Waals surface area contributed by atoms with Crippen LogP contribution in [-0.2, 0) is 23.3 Å². The van der Waals surface area contributed by atoms with Crippen LogP contribution in [0.4, 0.5) is 5.82 Å². The van der Waals surface area contributed by atoms with E-state index in [1.807, 2.05) is 14.1 Å². The van der Waals surface area contributed by atoms with Crippen LogP contribution in [0.15, 0.2) is 17.6 Å². The minimum absolute atomic E-state index is 0.360. The number of rotatable bonds is 6. The normalized spacial score (nSPS) is 28.5. The van der Waals surface area contributed by atoms with E-state index in [0.29, 0.717) is 17.0 Å². The highest BCUT2D eigenvalue weighted by atomic mass is 31.2. The second-order valence-electron chi connectivity index (χ2n) is 7.65. The molecule has 4 rings (SSSR count). The number of ether oxygens (including phenoxy) is 3. The number of fused-ring (bicyclic) bond motifs is 2. The summed E-state index contributed by atoms with van der Waals surface area (Å²) >= 11 is 0. The molecule has 0 aromatic carbocycles. The van der Waals surface area contributed by atoms with Gasteiger partial charge >= 0.3 is 7.82 Å². The molecule has 0 spiro atoms. The van der Waals surface area contributed by atoms with E-state index < -0.39 is 38.1 Å². The first-order chi connectivity index (χ1) is 14.0. The third kappa shape index (κ3) is 4.23. The van der Waals surface area contributed by atoms with Gasteiger partial charge in [-0.25, -0.2) is 24.5 Å². The van der Waals surface area contributed by atoms with E-state index in [0.717, 1.165) is 0 Å². The highest BCUT2D eigenvalue weighted by molar-refractivity contribution is 7.46. The number of phosphoric ester groups is 1. The summed E-state index contributed by atoms with van der Waals surface area (Å²) in [5.41, 5.74) is 0.952. The molecule has 13 nitrogen and oxygen atoms in total. The highest BCUT2D eigenvalue weighted by Gasteiger charge is 2.56. The number of aliphatic imine (C=N–C) groups is 1. The molecule has 4 atom stereocenters. The molecule has 2 saturated heterocycles. The quantitative estimate of drug-likeness (QED) is 0.367. The lowest BCUT2D eigenvalue weighted by atomic mass is 10.1. The molecule has 2 fully saturated rings. The Balaban J connectivity index is 1.67. The molecule has 0 radical (unpaired) electrons. The van der Waals surface area contributed by atoms with Crippen LogP contribution in [-0.4, -0.2) is 85.3 Å². The molecule has 0 amide bonds. The van der Waals surface area contributed by atoms with E-state index in [9.17, 15) is 4.57 Å². The van der Waals surface area contributed by atoms with E-state index in [-0.39, 0.29) is 6.61 Å². The van der Waals surface area contributed by atoms with Crippen LogP contribution in [0.1, 0.15) is 20.1 Å². The van der Waals surface area contributed by atoms with Crippen molar-refractivity contribution in [1.29, 1.82) is 0 Å². The molecule has 2 aromatic rings. The second-order valence-corrected chi connectivity index (χ2v) is 8.89. The van der Waals surface area contributed by atoms with Crippen LogP contribution in [0.25, 0.3) is 11.2 Å². The standard InChI is InChI=1S/C16H23N6O7P/c1-16(2)28-11-9(5-26-30(23,24)25)27-15(12(11)29-16)22-8-19-10-13(20-7-21(3)4)17-6-18-14(10)22/h6-9,11-12,15H,5H2,1-4H3,(H2,23,24,25)/t9-,11+,12+,15-/m1/s1. The molecular weight excluding hydrogens is 419 g/mol. The SMILES string of the molecule is CN(C)C=Nc1ncnc2c1ncn2[C@@H]1O[C@H](COP(=O)(O)O)[C@@H]2OC(C)(C)O[C@@H]21. The third-order valence-corrected chi connectivity index (χ3v) is 5.04. The molecule has 0 aliphatic carbocycles. The minimum atomic E-state index is -4.66. The van der Waals surface area contributed by atoms with Crippen molar-refractivity contribution >= 4 is 31.1 Å². The summed E-state index contributed by atoms with van der Waals surface area (Å²) in [6.07, 6.45) is 1.89. The highest BCUT2D eigenvalue weighted by Crippen LogP contribution is 2.45. The van der Waals surface area contributed by atoms with Crippen molar-refractivity contribution in [3.05, 3.63) is 12.7 Å². The van der Waals surface area contributed by atoms with Gasteiger partial charge in [0.25, 0.3) is 0 Å². The largest absolute Gasteiger partial charge is 0.469 e.